The average molecular weight is 189 g/mol. The standard InChI is InChI=1S/C11H11NO2/c1-8-12-10(7-11(13)14-8)9-5-3-2-4-6-9/h2-6,10H,7H2,1H3. The third-order valence-corrected chi connectivity index (χ3v) is 2.14. The van der Waals surface area contributed by atoms with Gasteiger partial charge in [-0.15, -0.1) is 0 Å². The summed E-state index contributed by atoms with van der Waals surface area (Å²) < 4.78 is 4.85. The first-order valence-electron chi connectivity index (χ1n) is 4.56. The predicted molar refractivity (Wildman–Crippen MR) is 53.0 cm³/mol. The number of hydrogen-bond acceptors (Lipinski definition) is 3. The molecule has 0 aromatic heterocycles. The normalized spacial score (nSPS) is 21.4. The van der Waals surface area contributed by atoms with Gasteiger partial charge in [0.1, 0.15) is 0 Å². The SMILES string of the molecule is CC1=NC(c2ccccc2)CC(=O)O1. The van der Waals surface area contributed by atoms with Crippen LogP contribution in [0.15, 0.2) is 35.3 Å². The van der Waals surface area contributed by atoms with Crippen LogP contribution < -0.4 is 0 Å². The summed E-state index contributed by atoms with van der Waals surface area (Å²) in [5.41, 5.74) is 1.06. The van der Waals surface area contributed by atoms with Crippen LogP contribution in [0.3, 0.4) is 0 Å². The lowest BCUT2D eigenvalue weighted by Crippen LogP contribution is -2.19. The van der Waals surface area contributed by atoms with E-state index in [2.05, 4.69) is 4.99 Å². The van der Waals surface area contributed by atoms with Crippen LogP contribution >= 0.6 is 0 Å². The summed E-state index contributed by atoms with van der Waals surface area (Å²) in [5, 5.41) is 0. The Labute approximate surface area is 82.4 Å². The second-order valence-electron chi connectivity index (χ2n) is 3.25. The molecule has 0 bridgehead atoms. The van der Waals surface area contributed by atoms with Crippen molar-refractivity contribution in [1.82, 2.24) is 0 Å². The van der Waals surface area contributed by atoms with Crippen molar-refractivity contribution < 1.29 is 9.53 Å². The molecule has 0 fully saturated rings. The van der Waals surface area contributed by atoms with Crippen LogP contribution in [0, 0.1) is 0 Å². The van der Waals surface area contributed by atoms with Crippen molar-refractivity contribution in [2.24, 2.45) is 4.99 Å². The Morgan fingerprint density at radius 1 is 1.36 bits per heavy atom. The zero-order chi connectivity index (χ0) is 9.97. The summed E-state index contributed by atoms with van der Waals surface area (Å²) in [4.78, 5) is 15.4. The van der Waals surface area contributed by atoms with Gasteiger partial charge in [-0.25, -0.2) is 4.99 Å². The smallest absolute Gasteiger partial charge is 0.314 e. The van der Waals surface area contributed by atoms with E-state index in [0.29, 0.717) is 12.3 Å². The molecule has 1 aliphatic heterocycles. The number of cyclic esters (lactones) is 1. The first-order valence-corrected chi connectivity index (χ1v) is 4.56. The highest BCUT2D eigenvalue weighted by Crippen LogP contribution is 2.24. The highest BCUT2D eigenvalue weighted by molar-refractivity contribution is 5.89. The highest BCUT2D eigenvalue weighted by Gasteiger charge is 2.21. The maximum Gasteiger partial charge on any atom is 0.314 e. The monoisotopic (exact) mass is 189 g/mol. The Kier molecular flexibility index (Phi) is 2.31. The van der Waals surface area contributed by atoms with Gasteiger partial charge in [0.2, 0.25) is 0 Å². The summed E-state index contributed by atoms with van der Waals surface area (Å²) in [7, 11) is 0. The van der Waals surface area contributed by atoms with E-state index in [1.165, 1.54) is 0 Å². The van der Waals surface area contributed by atoms with Gasteiger partial charge < -0.3 is 4.74 Å². The Bertz CT molecular complexity index is 370. The molecule has 0 saturated heterocycles. The van der Waals surface area contributed by atoms with Crippen LogP contribution in [0.5, 0.6) is 0 Å². The molecule has 1 aliphatic rings. The second kappa shape index (κ2) is 3.62. The van der Waals surface area contributed by atoms with E-state index < -0.39 is 0 Å². The summed E-state index contributed by atoms with van der Waals surface area (Å²) >= 11 is 0. The van der Waals surface area contributed by atoms with E-state index in [1.807, 2.05) is 30.3 Å². The molecule has 0 N–H and O–H groups in total. The molecule has 72 valence electrons. The molecule has 1 aromatic rings. The third kappa shape index (κ3) is 1.82. The molecular weight excluding hydrogens is 178 g/mol. The van der Waals surface area contributed by atoms with Crippen molar-refractivity contribution in [2.75, 3.05) is 0 Å². The number of esters is 1. The van der Waals surface area contributed by atoms with Crippen molar-refractivity contribution in [3.63, 3.8) is 0 Å². The number of carbonyl (C=O) groups is 1. The van der Waals surface area contributed by atoms with E-state index in [4.69, 9.17) is 4.74 Å². The van der Waals surface area contributed by atoms with E-state index in [9.17, 15) is 4.79 Å². The van der Waals surface area contributed by atoms with E-state index in [0.717, 1.165) is 5.56 Å². The molecular formula is C11H11NO2. The predicted octanol–water partition coefficient (Wildman–Crippen LogP) is 2.09. The first-order chi connectivity index (χ1) is 6.75. The molecule has 1 aromatic carbocycles. The number of benzene rings is 1. The van der Waals surface area contributed by atoms with E-state index in [1.54, 1.807) is 6.92 Å². The van der Waals surface area contributed by atoms with Gasteiger partial charge in [-0.05, 0) is 5.56 Å². The lowest BCUT2D eigenvalue weighted by Gasteiger charge is -2.17. The number of ether oxygens (including phenoxy) is 1. The zero-order valence-corrected chi connectivity index (χ0v) is 7.93. The topological polar surface area (TPSA) is 38.7 Å². The van der Waals surface area contributed by atoms with Crippen molar-refractivity contribution >= 4 is 11.9 Å². The minimum absolute atomic E-state index is 0.0718. The molecule has 0 saturated carbocycles. The van der Waals surface area contributed by atoms with Crippen molar-refractivity contribution in [2.45, 2.75) is 19.4 Å². The van der Waals surface area contributed by atoms with Gasteiger partial charge in [0, 0.05) is 6.92 Å². The van der Waals surface area contributed by atoms with Gasteiger partial charge in [0.25, 0.3) is 0 Å². The Morgan fingerprint density at radius 2 is 2.07 bits per heavy atom. The Balaban J connectivity index is 2.28. The van der Waals surface area contributed by atoms with Crippen LogP contribution in [-0.4, -0.2) is 11.9 Å². The van der Waals surface area contributed by atoms with Crippen LogP contribution in [0.4, 0.5) is 0 Å². The average Bonchev–Trinajstić information content (AvgIpc) is 2.18. The Morgan fingerprint density at radius 3 is 2.71 bits per heavy atom. The summed E-state index contributed by atoms with van der Waals surface area (Å²) in [6.07, 6.45) is 0.335. The van der Waals surface area contributed by atoms with Gasteiger partial charge in [-0.3, -0.25) is 4.79 Å². The largest absolute Gasteiger partial charge is 0.412 e. The van der Waals surface area contributed by atoms with Gasteiger partial charge in [0.15, 0.2) is 5.90 Å². The quantitative estimate of drug-likeness (QED) is 0.634. The second-order valence-corrected chi connectivity index (χ2v) is 3.25. The first kappa shape index (κ1) is 8.94. The van der Waals surface area contributed by atoms with Crippen LogP contribution in [0.25, 0.3) is 0 Å². The van der Waals surface area contributed by atoms with Crippen LogP contribution in [0.2, 0.25) is 0 Å². The number of aliphatic imine (C=N–C) groups is 1. The molecule has 14 heavy (non-hydrogen) atoms. The molecule has 0 amide bonds. The van der Waals surface area contributed by atoms with Crippen LogP contribution in [-0.2, 0) is 9.53 Å². The minimum atomic E-state index is -0.202. The fourth-order valence-electron chi connectivity index (χ4n) is 1.52. The number of rotatable bonds is 1. The van der Waals surface area contributed by atoms with Crippen molar-refractivity contribution in [3.8, 4) is 0 Å². The lowest BCUT2D eigenvalue weighted by molar-refractivity contribution is -0.136. The molecule has 0 radical (unpaired) electrons. The van der Waals surface area contributed by atoms with E-state index in [-0.39, 0.29) is 12.0 Å². The van der Waals surface area contributed by atoms with Crippen molar-refractivity contribution in [3.05, 3.63) is 35.9 Å². The Hall–Kier alpha value is -1.64. The highest BCUT2D eigenvalue weighted by atomic mass is 16.5. The number of carbonyl (C=O) groups excluding carboxylic acids is 1. The molecule has 0 aliphatic carbocycles. The zero-order valence-electron chi connectivity index (χ0n) is 7.93. The maximum absolute atomic E-state index is 11.2. The molecule has 3 nitrogen and oxygen atoms in total. The van der Waals surface area contributed by atoms with Crippen LogP contribution in [0.1, 0.15) is 24.9 Å². The molecule has 1 unspecified atom stereocenters. The van der Waals surface area contributed by atoms with E-state index >= 15 is 0 Å². The van der Waals surface area contributed by atoms with Gasteiger partial charge in [0.05, 0.1) is 12.5 Å². The van der Waals surface area contributed by atoms with Gasteiger partial charge in [-0.1, -0.05) is 30.3 Å². The number of hydrogen-bond donors (Lipinski definition) is 0. The maximum atomic E-state index is 11.2. The summed E-state index contributed by atoms with van der Waals surface area (Å²) in [6, 6.07) is 9.71. The van der Waals surface area contributed by atoms with Gasteiger partial charge in [-0.2, -0.15) is 0 Å². The van der Waals surface area contributed by atoms with Gasteiger partial charge >= 0.3 is 5.97 Å². The molecule has 1 atom stereocenters. The molecule has 1 heterocycles. The molecule has 3 heteroatoms. The summed E-state index contributed by atoms with van der Waals surface area (Å²) in [6.45, 7) is 1.70. The third-order valence-electron chi connectivity index (χ3n) is 2.14. The lowest BCUT2D eigenvalue weighted by atomic mass is 10.0. The fourth-order valence-corrected chi connectivity index (χ4v) is 1.52. The van der Waals surface area contributed by atoms with Crippen molar-refractivity contribution in [1.29, 1.82) is 0 Å². The molecule has 0 spiro atoms. The minimum Gasteiger partial charge on any atom is -0.412 e. The number of nitrogens with zero attached hydrogens (tertiary/aromatic N) is 1. The summed E-state index contributed by atoms with van der Waals surface area (Å²) in [5.74, 6) is 0.251. The fraction of sp³-hybridized carbons (Fsp3) is 0.273. The molecule has 2 rings (SSSR count).